The fourth-order valence-corrected chi connectivity index (χ4v) is 7.22. The summed E-state index contributed by atoms with van der Waals surface area (Å²) < 4.78 is 0. The molecule has 9 nitrogen and oxygen atoms in total. The van der Waals surface area contributed by atoms with Crippen LogP contribution in [-0.4, -0.2) is 33.4 Å². The van der Waals surface area contributed by atoms with E-state index in [-0.39, 0.29) is 41.5 Å². The standard InChI is InChI=1S/C33H24N2O7/c1-16-13-26(36)25-15-24-21(27(29(25)30(16)37)22-10-9-17-5-2-3-8-20(17)31(22)38)11-12-23-28(24)33(40)34(32(23)39)18-6-4-7-19(14-18)35(41)42/h2-11,13-14,23-24,27-28,38H,12,15H2,1H3. The lowest BCUT2D eigenvalue weighted by Crippen LogP contribution is -2.39. The lowest BCUT2D eigenvalue weighted by atomic mass is 9.59. The Balaban J connectivity index is 1.38. The van der Waals surface area contributed by atoms with Crippen molar-refractivity contribution < 1.29 is 29.2 Å². The van der Waals surface area contributed by atoms with Crippen LogP contribution < -0.4 is 4.90 Å². The molecule has 0 saturated carbocycles. The van der Waals surface area contributed by atoms with Gasteiger partial charge in [-0.3, -0.25) is 29.3 Å². The molecule has 1 saturated heterocycles. The van der Waals surface area contributed by atoms with E-state index in [1.807, 2.05) is 24.3 Å². The van der Waals surface area contributed by atoms with Crippen LogP contribution >= 0.6 is 0 Å². The molecular weight excluding hydrogens is 536 g/mol. The van der Waals surface area contributed by atoms with Gasteiger partial charge in [0.15, 0.2) is 11.6 Å². The lowest BCUT2D eigenvalue weighted by molar-refractivity contribution is -0.384. The molecule has 1 fully saturated rings. The van der Waals surface area contributed by atoms with E-state index in [9.17, 15) is 34.4 Å². The van der Waals surface area contributed by atoms with Crippen LogP contribution in [0.5, 0.6) is 5.75 Å². The Labute approximate surface area is 239 Å². The number of phenolic OH excluding ortho intramolecular Hbond substituents is 1. The first kappa shape index (κ1) is 25.8. The van der Waals surface area contributed by atoms with E-state index in [1.165, 1.54) is 30.3 Å². The van der Waals surface area contributed by atoms with Crippen LogP contribution in [0.15, 0.2) is 95.1 Å². The zero-order chi connectivity index (χ0) is 29.4. The second-order valence-electron chi connectivity index (χ2n) is 11.2. The van der Waals surface area contributed by atoms with E-state index < -0.39 is 40.4 Å². The van der Waals surface area contributed by atoms with Crippen LogP contribution in [0.2, 0.25) is 0 Å². The minimum absolute atomic E-state index is 0.00637. The molecule has 0 radical (unpaired) electrons. The Morgan fingerprint density at radius 3 is 2.52 bits per heavy atom. The van der Waals surface area contributed by atoms with Crippen LogP contribution in [0.1, 0.15) is 31.2 Å². The Kier molecular flexibility index (Phi) is 5.63. The van der Waals surface area contributed by atoms with Gasteiger partial charge in [-0.05, 0) is 43.2 Å². The van der Waals surface area contributed by atoms with Gasteiger partial charge in [0.1, 0.15) is 5.75 Å². The first-order valence-electron chi connectivity index (χ1n) is 13.7. The number of ketones is 2. The van der Waals surface area contributed by atoms with Gasteiger partial charge in [0.25, 0.3) is 5.69 Å². The maximum Gasteiger partial charge on any atom is 0.271 e. The van der Waals surface area contributed by atoms with E-state index in [0.717, 1.165) is 15.9 Å². The van der Waals surface area contributed by atoms with E-state index >= 15 is 0 Å². The second kappa shape index (κ2) is 9.17. The Morgan fingerprint density at radius 2 is 1.74 bits per heavy atom. The number of phenols is 1. The zero-order valence-corrected chi connectivity index (χ0v) is 22.4. The van der Waals surface area contributed by atoms with Gasteiger partial charge in [0.2, 0.25) is 11.8 Å². The van der Waals surface area contributed by atoms with Gasteiger partial charge >= 0.3 is 0 Å². The van der Waals surface area contributed by atoms with Gasteiger partial charge in [-0.15, -0.1) is 0 Å². The number of non-ortho nitro benzene ring substituents is 1. The fraction of sp³-hybridized carbons (Fsp3) is 0.212. The van der Waals surface area contributed by atoms with Crippen molar-refractivity contribution in [3.63, 3.8) is 0 Å². The summed E-state index contributed by atoms with van der Waals surface area (Å²) in [6, 6.07) is 16.3. The highest BCUT2D eigenvalue weighted by molar-refractivity contribution is 6.25. The van der Waals surface area contributed by atoms with Crippen molar-refractivity contribution >= 4 is 45.5 Å². The number of benzene rings is 3. The molecule has 3 aromatic rings. The number of fused-ring (bicyclic) bond motifs is 4. The quantitative estimate of drug-likeness (QED) is 0.155. The number of allylic oxidation sites excluding steroid dienone is 6. The van der Waals surface area contributed by atoms with Crippen molar-refractivity contribution in [3.8, 4) is 5.75 Å². The van der Waals surface area contributed by atoms with Crippen LogP contribution in [0.25, 0.3) is 10.8 Å². The number of nitrogens with zero attached hydrogens (tertiary/aromatic N) is 2. The maximum absolute atomic E-state index is 14.0. The summed E-state index contributed by atoms with van der Waals surface area (Å²) in [6.07, 6.45) is 3.51. The van der Waals surface area contributed by atoms with Gasteiger partial charge in [-0.2, -0.15) is 0 Å². The van der Waals surface area contributed by atoms with Gasteiger partial charge in [-0.25, -0.2) is 4.90 Å². The first-order chi connectivity index (χ1) is 20.2. The normalized spacial score (nSPS) is 25.2. The molecular formula is C33H24N2O7. The third kappa shape index (κ3) is 3.56. The van der Waals surface area contributed by atoms with Crippen molar-refractivity contribution in [2.75, 3.05) is 4.90 Å². The molecule has 208 valence electrons. The highest BCUT2D eigenvalue weighted by Gasteiger charge is 2.57. The van der Waals surface area contributed by atoms with E-state index in [1.54, 1.807) is 25.1 Å². The maximum atomic E-state index is 14.0. The third-order valence-electron chi connectivity index (χ3n) is 9.11. The number of carbonyl (C=O) groups excluding carboxylic acids is 4. The van der Waals surface area contributed by atoms with Crippen molar-refractivity contribution in [1.82, 2.24) is 0 Å². The average Bonchev–Trinajstić information content (AvgIpc) is 3.25. The number of anilines is 1. The minimum Gasteiger partial charge on any atom is -0.507 e. The third-order valence-corrected chi connectivity index (χ3v) is 9.11. The lowest BCUT2D eigenvalue weighted by Gasteiger charge is -2.42. The highest BCUT2D eigenvalue weighted by Crippen LogP contribution is 2.57. The van der Waals surface area contributed by atoms with Gasteiger partial charge < -0.3 is 5.11 Å². The number of aromatic hydroxyl groups is 1. The predicted octanol–water partition coefficient (Wildman–Crippen LogP) is 5.09. The molecule has 0 aromatic heterocycles. The summed E-state index contributed by atoms with van der Waals surface area (Å²) in [5.41, 5.74) is 1.96. The van der Waals surface area contributed by atoms with Crippen molar-refractivity contribution in [3.05, 3.63) is 111 Å². The van der Waals surface area contributed by atoms with Gasteiger partial charge in [-0.1, -0.05) is 54.1 Å². The monoisotopic (exact) mass is 560 g/mol. The first-order valence-corrected chi connectivity index (χ1v) is 13.7. The van der Waals surface area contributed by atoms with Crippen LogP contribution in [-0.2, 0) is 19.2 Å². The van der Waals surface area contributed by atoms with E-state index in [4.69, 9.17) is 0 Å². The predicted molar refractivity (Wildman–Crippen MR) is 153 cm³/mol. The zero-order valence-electron chi connectivity index (χ0n) is 22.4. The number of imide groups is 1. The molecule has 0 spiro atoms. The molecule has 9 heteroatoms. The molecule has 4 aliphatic rings. The second-order valence-corrected chi connectivity index (χ2v) is 11.2. The van der Waals surface area contributed by atoms with Gasteiger partial charge in [0.05, 0.1) is 22.4 Å². The molecule has 1 aliphatic heterocycles. The summed E-state index contributed by atoms with van der Waals surface area (Å²) in [5.74, 6) is -4.46. The molecule has 4 atom stereocenters. The molecule has 3 aromatic carbocycles. The Morgan fingerprint density at radius 1 is 0.952 bits per heavy atom. The van der Waals surface area contributed by atoms with Crippen molar-refractivity contribution in [2.45, 2.75) is 25.7 Å². The topological polar surface area (TPSA) is 135 Å². The van der Waals surface area contributed by atoms with Crippen molar-refractivity contribution in [2.24, 2.45) is 17.8 Å². The van der Waals surface area contributed by atoms with Crippen LogP contribution in [0.3, 0.4) is 0 Å². The molecule has 3 aliphatic carbocycles. The van der Waals surface area contributed by atoms with Crippen molar-refractivity contribution in [1.29, 1.82) is 0 Å². The minimum atomic E-state index is -0.828. The number of nitro benzene ring substituents is 1. The highest BCUT2D eigenvalue weighted by atomic mass is 16.6. The molecule has 7 rings (SSSR count). The van der Waals surface area contributed by atoms with E-state index in [0.29, 0.717) is 27.7 Å². The fourth-order valence-electron chi connectivity index (χ4n) is 7.22. The molecule has 1 N–H and O–H groups in total. The molecule has 4 unspecified atom stereocenters. The number of Topliss-reactive ketones (excluding diaryl/α,β-unsaturated/α-hetero) is 1. The number of hydrogen-bond acceptors (Lipinski definition) is 7. The summed E-state index contributed by atoms with van der Waals surface area (Å²) in [7, 11) is 0. The smallest absolute Gasteiger partial charge is 0.271 e. The summed E-state index contributed by atoms with van der Waals surface area (Å²) in [4.78, 5) is 66.4. The number of rotatable bonds is 3. The average molecular weight is 561 g/mol. The molecule has 1 heterocycles. The number of carbonyl (C=O) groups is 4. The summed E-state index contributed by atoms with van der Waals surface area (Å²) in [5, 5.41) is 24.3. The Hall–Kier alpha value is -5.18. The summed E-state index contributed by atoms with van der Waals surface area (Å²) in [6.45, 7) is 1.59. The Bertz CT molecular complexity index is 1900. The molecule has 42 heavy (non-hydrogen) atoms. The molecule has 2 amide bonds. The van der Waals surface area contributed by atoms with Crippen LogP contribution in [0.4, 0.5) is 11.4 Å². The largest absolute Gasteiger partial charge is 0.507 e. The van der Waals surface area contributed by atoms with Gasteiger partial charge in [0, 0.05) is 45.7 Å². The number of hydrogen-bond donors (Lipinski definition) is 1. The van der Waals surface area contributed by atoms with Crippen LogP contribution in [0, 0.1) is 27.9 Å². The molecule has 0 bridgehead atoms. The number of amides is 2. The number of nitro groups is 1. The summed E-state index contributed by atoms with van der Waals surface area (Å²) >= 11 is 0. The SMILES string of the molecule is CC1=CC(=O)C2=C(C1=O)C(c1ccc3ccccc3c1O)C1=CCC3C(=O)N(c4cccc([N+](=O)[O-])c4)C(=O)C3C1C2. The van der Waals surface area contributed by atoms with E-state index in [2.05, 4.69) is 0 Å².